The molecule has 0 spiro atoms. The number of carbonyl (C=O) groups excluding carboxylic acids is 3. The molecule has 2 aromatic heterocycles. The molecule has 5 amide bonds. The van der Waals surface area contributed by atoms with Crippen LogP contribution < -0.4 is 21.3 Å². The van der Waals surface area contributed by atoms with Gasteiger partial charge in [0.05, 0.1) is 22.9 Å². The number of aromatic nitrogens is 1. The summed E-state index contributed by atoms with van der Waals surface area (Å²) in [6.07, 6.45) is 5.88. The minimum Gasteiger partial charge on any atom is -0.397 e. The number of halogens is 1. The van der Waals surface area contributed by atoms with Gasteiger partial charge in [-0.1, -0.05) is 24.6 Å². The average molecular weight is 651 g/mol. The van der Waals surface area contributed by atoms with Crippen LogP contribution in [0.4, 0.5) is 26.7 Å². The van der Waals surface area contributed by atoms with Crippen molar-refractivity contribution in [2.24, 2.45) is 0 Å². The molecular weight excluding hydrogens is 612 g/mol. The summed E-state index contributed by atoms with van der Waals surface area (Å²) >= 11 is 8.04. The zero-order chi connectivity index (χ0) is 31.5. The number of likely N-dealkylation sites (tertiary alicyclic amines) is 1. The van der Waals surface area contributed by atoms with Crippen LogP contribution in [0.25, 0.3) is 0 Å². The van der Waals surface area contributed by atoms with Gasteiger partial charge in [0.2, 0.25) is 5.91 Å². The molecule has 238 valence electrons. The Labute approximate surface area is 272 Å². The lowest BCUT2D eigenvalue weighted by molar-refractivity contribution is -0.133. The maximum absolute atomic E-state index is 14.0. The van der Waals surface area contributed by atoms with Gasteiger partial charge in [-0.3, -0.25) is 9.78 Å². The van der Waals surface area contributed by atoms with E-state index in [4.69, 9.17) is 17.3 Å². The van der Waals surface area contributed by atoms with Crippen LogP contribution in [-0.2, 0) is 24.2 Å². The Hall–Kier alpha value is -4.03. The van der Waals surface area contributed by atoms with Crippen molar-refractivity contribution in [2.45, 2.75) is 51.2 Å². The largest absolute Gasteiger partial charge is 0.397 e. The fourth-order valence-electron chi connectivity index (χ4n) is 6.46. The van der Waals surface area contributed by atoms with Gasteiger partial charge < -0.3 is 36.0 Å². The Morgan fingerprint density at radius 1 is 1.09 bits per heavy atom. The fraction of sp³-hybridized carbons (Fsp3) is 0.438. The maximum Gasteiger partial charge on any atom is 0.322 e. The number of urea groups is 2. The second-order valence-electron chi connectivity index (χ2n) is 11.8. The summed E-state index contributed by atoms with van der Waals surface area (Å²) in [6, 6.07) is 6.61. The molecule has 0 bridgehead atoms. The summed E-state index contributed by atoms with van der Waals surface area (Å²) in [4.78, 5) is 52.2. The van der Waals surface area contributed by atoms with Gasteiger partial charge in [0, 0.05) is 80.8 Å². The number of amides is 5. The molecule has 2 fully saturated rings. The SMILES string of the molecule is CCc1cc(C[C@@H](NC(=O)N2CCC(N3Cc4cscc4NC3=O)CC2)C(=O)N2CCN(c3ccncc3)CC2)cc(Cl)c1N. The summed E-state index contributed by atoms with van der Waals surface area (Å²) in [5.41, 5.74) is 11.6. The third kappa shape index (κ3) is 6.81. The summed E-state index contributed by atoms with van der Waals surface area (Å²) in [6.45, 7) is 6.05. The number of fused-ring (bicyclic) bond motifs is 1. The van der Waals surface area contributed by atoms with Crippen LogP contribution in [0, 0.1) is 0 Å². The van der Waals surface area contributed by atoms with Crippen molar-refractivity contribution >= 4 is 58.0 Å². The van der Waals surface area contributed by atoms with Gasteiger partial charge in [0.1, 0.15) is 6.04 Å². The highest BCUT2D eigenvalue weighted by atomic mass is 35.5. The molecule has 5 heterocycles. The molecule has 11 nitrogen and oxygen atoms in total. The first-order valence-electron chi connectivity index (χ1n) is 15.5. The molecule has 6 rings (SSSR count). The van der Waals surface area contributed by atoms with Crippen LogP contribution in [0.5, 0.6) is 0 Å². The highest BCUT2D eigenvalue weighted by Gasteiger charge is 2.35. The molecule has 45 heavy (non-hydrogen) atoms. The number of nitrogens with two attached hydrogens (primary N) is 1. The second kappa shape index (κ2) is 13.5. The van der Waals surface area contributed by atoms with Gasteiger partial charge >= 0.3 is 12.1 Å². The topological polar surface area (TPSA) is 127 Å². The molecule has 3 aliphatic heterocycles. The van der Waals surface area contributed by atoms with Crippen LogP contribution in [-0.4, -0.2) is 89.0 Å². The predicted molar refractivity (Wildman–Crippen MR) is 178 cm³/mol. The zero-order valence-corrected chi connectivity index (χ0v) is 26.9. The molecule has 1 aromatic carbocycles. The van der Waals surface area contributed by atoms with Gasteiger partial charge in [-0.15, -0.1) is 11.3 Å². The lowest BCUT2D eigenvalue weighted by atomic mass is 9.99. The van der Waals surface area contributed by atoms with E-state index < -0.39 is 6.04 Å². The van der Waals surface area contributed by atoms with E-state index in [-0.39, 0.29) is 24.0 Å². The molecule has 0 saturated carbocycles. The van der Waals surface area contributed by atoms with Gasteiger partial charge in [0.25, 0.3) is 0 Å². The monoisotopic (exact) mass is 650 g/mol. The highest BCUT2D eigenvalue weighted by Crippen LogP contribution is 2.31. The number of benzene rings is 1. The first kappa shape index (κ1) is 31.0. The first-order chi connectivity index (χ1) is 21.8. The van der Waals surface area contributed by atoms with Crippen LogP contribution >= 0.6 is 22.9 Å². The fourth-order valence-corrected chi connectivity index (χ4v) is 7.50. The number of rotatable bonds is 7. The van der Waals surface area contributed by atoms with Crippen molar-refractivity contribution in [1.29, 1.82) is 0 Å². The Morgan fingerprint density at radius 2 is 1.82 bits per heavy atom. The molecule has 0 unspecified atom stereocenters. The number of nitrogens with zero attached hydrogens (tertiary/aromatic N) is 5. The Balaban J connectivity index is 1.12. The van der Waals surface area contributed by atoms with E-state index in [0.29, 0.717) is 82.2 Å². The standard InChI is InChI=1S/C32H39ClN8O3S/c1-2-22-15-21(16-26(33)29(22)34)17-27(30(42)39-13-11-38(12-14-39)24-3-7-35-8-4-24)36-31(43)40-9-5-25(6-10-40)41-18-23-19-45-20-28(23)37-32(41)44/h3-4,7-8,15-16,19-20,25,27H,2,5-6,9-14,17-18,34H2,1H3,(H,36,43)(H,37,44)/t27-/m1/s1. The third-order valence-corrected chi connectivity index (χ3v) is 10.2. The van der Waals surface area contributed by atoms with E-state index in [0.717, 1.165) is 28.1 Å². The molecule has 13 heteroatoms. The zero-order valence-electron chi connectivity index (χ0n) is 25.4. The minimum atomic E-state index is -0.767. The number of anilines is 3. The Kier molecular flexibility index (Phi) is 9.32. The average Bonchev–Trinajstić information content (AvgIpc) is 3.53. The Bertz CT molecular complexity index is 1540. The number of hydrogen-bond donors (Lipinski definition) is 3. The van der Waals surface area contributed by atoms with E-state index in [1.165, 1.54) is 0 Å². The lowest BCUT2D eigenvalue weighted by Gasteiger charge is -2.40. The number of pyridine rings is 1. The van der Waals surface area contributed by atoms with Crippen molar-refractivity contribution in [3.8, 4) is 0 Å². The number of nitrogens with one attached hydrogen (secondary N) is 2. The number of aryl methyl sites for hydroxylation is 1. The summed E-state index contributed by atoms with van der Waals surface area (Å²) in [5.74, 6) is -0.116. The summed E-state index contributed by atoms with van der Waals surface area (Å²) in [7, 11) is 0. The molecule has 3 aliphatic rings. The van der Waals surface area contributed by atoms with Gasteiger partial charge in [-0.05, 0) is 54.0 Å². The predicted octanol–water partition coefficient (Wildman–Crippen LogP) is 4.42. The molecule has 4 N–H and O–H groups in total. The normalized spacial score (nSPS) is 18.0. The van der Waals surface area contributed by atoms with E-state index in [1.54, 1.807) is 34.7 Å². The van der Waals surface area contributed by atoms with Crippen molar-refractivity contribution in [2.75, 3.05) is 55.2 Å². The molecule has 1 atom stereocenters. The van der Waals surface area contributed by atoms with E-state index in [2.05, 4.69) is 25.9 Å². The van der Waals surface area contributed by atoms with Gasteiger partial charge in [0.15, 0.2) is 0 Å². The first-order valence-corrected chi connectivity index (χ1v) is 16.8. The number of thiophene rings is 1. The third-order valence-electron chi connectivity index (χ3n) is 9.09. The van der Waals surface area contributed by atoms with Crippen molar-refractivity contribution in [1.82, 2.24) is 25.0 Å². The smallest absolute Gasteiger partial charge is 0.322 e. The van der Waals surface area contributed by atoms with Crippen molar-refractivity contribution in [3.05, 3.63) is 69.1 Å². The number of hydrogen-bond acceptors (Lipinski definition) is 7. The van der Waals surface area contributed by atoms with Crippen molar-refractivity contribution in [3.63, 3.8) is 0 Å². The molecule has 2 saturated heterocycles. The van der Waals surface area contributed by atoms with Crippen LogP contribution in [0.1, 0.15) is 36.5 Å². The lowest BCUT2D eigenvalue weighted by Crippen LogP contribution is -2.58. The number of piperazine rings is 1. The number of piperidine rings is 1. The van der Waals surface area contributed by atoms with E-state index in [9.17, 15) is 14.4 Å². The van der Waals surface area contributed by atoms with Crippen LogP contribution in [0.2, 0.25) is 5.02 Å². The highest BCUT2D eigenvalue weighted by molar-refractivity contribution is 7.08. The van der Waals surface area contributed by atoms with E-state index >= 15 is 0 Å². The maximum atomic E-state index is 14.0. The molecule has 0 radical (unpaired) electrons. The summed E-state index contributed by atoms with van der Waals surface area (Å²) < 4.78 is 0. The quantitative estimate of drug-likeness (QED) is 0.325. The van der Waals surface area contributed by atoms with Crippen molar-refractivity contribution < 1.29 is 14.4 Å². The second-order valence-corrected chi connectivity index (χ2v) is 13.0. The molecule has 3 aromatic rings. The minimum absolute atomic E-state index is 0.0422. The van der Waals surface area contributed by atoms with Gasteiger partial charge in [-0.25, -0.2) is 9.59 Å². The molecule has 0 aliphatic carbocycles. The summed E-state index contributed by atoms with van der Waals surface area (Å²) in [5, 5.41) is 10.5. The van der Waals surface area contributed by atoms with Crippen LogP contribution in [0.15, 0.2) is 47.4 Å². The number of nitrogen functional groups attached to an aromatic ring is 1. The Morgan fingerprint density at radius 3 is 2.53 bits per heavy atom. The number of carbonyl (C=O) groups is 3. The molecular formula is C32H39ClN8O3S. The van der Waals surface area contributed by atoms with Gasteiger partial charge in [-0.2, -0.15) is 0 Å². The van der Waals surface area contributed by atoms with E-state index in [1.807, 2.05) is 40.3 Å². The van der Waals surface area contributed by atoms with Crippen LogP contribution in [0.3, 0.4) is 0 Å².